The second-order valence-corrected chi connectivity index (χ2v) is 4.23. The summed E-state index contributed by atoms with van der Waals surface area (Å²) in [5.74, 6) is -0.0441. The average molecular weight is 268 g/mol. The quantitative estimate of drug-likeness (QED) is 0.716. The van der Waals surface area contributed by atoms with Crippen molar-refractivity contribution >= 4 is 22.7 Å². The van der Waals surface area contributed by atoms with Crippen LogP contribution in [0, 0.1) is 0 Å². The number of para-hydroxylation sites is 2. The molecule has 0 aliphatic carbocycles. The zero-order chi connectivity index (χ0) is 14.1. The highest BCUT2D eigenvalue weighted by Gasteiger charge is 2.17. The van der Waals surface area contributed by atoms with Crippen molar-refractivity contribution in [1.82, 2.24) is 14.5 Å². The van der Waals surface area contributed by atoms with Gasteiger partial charge in [-0.25, -0.2) is 14.8 Å². The molecule has 0 spiro atoms. The monoisotopic (exact) mass is 268 g/mol. The van der Waals surface area contributed by atoms with Gasteiger partial charge in [-0.2, -0.15) is 0 Å². The number of benzene rings is 1. The van der Waals surface area contributed by atoms with Gasteiger partial charge in [-0.15, -0.1) is 0 Å². The Morgan fingerprint density at radius 2 is 2.10 bits per heavy atom. The van der Waals surface area contributed by atoms with Crippen LogP contribution in [0.4, 0.5) is 5.69 Å². The van der Waals surface area contributed by atoms with E-state index in [0.29, 0.717) is 17.1 Å². The van der Waals surface area contributed by atoms with Gasteiger partial charge >= 0.3 is 5.97 Å². The number of hydrogen-bond donors (Lipinski definition) is 1. The van der Waals surface area contributed by atoms with Crippen molar-refractivity contribution in [3.8, 4) is 5.82 Å². The van der Waals surface area contributed by atoms with E-state index in [1.165, 1.54) is 13.3 Å². The van der Waals surface area contributed by atoms with E-state index in [1.807, 2.05) is 24.3 Å². The lowest BCUT2D eigenvalue weighted by molar-refractivity contribution is 0.0600. The Bertz CT molecular complexity index is 795. The average Bonchev–Trinajstić information content (AvgIpc) is 2.90. The molecule has 0 fully saturated rings. The first-order valence-electron chi connectivity index (χ1n) is 5.97. The molecule has 1 aromatic carbocycles. The summed E-state index contributed by atoms with van der Waals surface area (Å²) in [6.45, 7) is 0. The summed E-state index contributed by atoms with van der Waals surface area (Å²) in [6.07, 6.45) is 3.12. The van der Waals surface area contributed by atoms with Crippen LogP contribution in [0.1, 0.15) is 10.4 Å². The number of nitrogen functional groups attached to an aromatic ring is 1. The first-order valence-corrected chi connectivity index (χ1v) is 5.97. The lowest BCUT2D eigenvalue weighted by Gasteiger charge is -2.09. The molecule has 100 valence electrons. The number of hydrogen-bond acceptors (Lipinski definition) is 5. The van der Waals surface area contributed by atoms with E-state index < -0.39 is 5.97 Å². The van der Waals surface area contributed by atoms with Gasteiger partial charge in [0.1, 0.15) is 11.9 Å². The van der Waals surface area contributed by atoms with Crippen LogP contribution in [-0.4, -0.2) is 27.6 Å². The van der Waals surface area contributed by atoms with Gasteiger partial charge < -0.3 is 10.5 Å². The van der Waals surface area contributed by atoms with Gasteiger partial charge in [0.2, 0.25) is 0 Å². The Balaban J connectivity index is 2.26. The third-order valence-corrected chi connectivity index (χ3v) is 2.97. The van der Waals surface area contributed by atoms with E-state index in [-0.39, 0.29) is 0 Å². The normalized spacial score (nSPS) is 10.7. The van der Waals surface area contributed by atoms with E-state index >= 15 is 0 Å². The van der Waals surface area contributed by atoms with Crippen molar-refractivity contribution in [1.29, 1.82) is 0 Å². The fraction of sp³-hybridized carbons (Fsp3) is 0.0714. The number of imidazole rings is 1. The topological polar surface area (TPSA) is 83.0 Å². The fourth-order valence-corrected chi connectivity index (χ4v) is 2.05. The number of esters is 1. The molecule has 20 heavy (non-hydrogen) atoms. The molecule has 2 N–H and O–H groups in total. The molecule has 0 radical (unpaired) electrons. The number of ether oxygens (including phenoxy) is 1. The van der Waals surface area contributed by atoms with Crippen molar-refractivity contribution in [2.24, 2.45) is 0 Å². The van der Waals surface area contributed by atoms with Crippen LogP contribution >= 0.6 is 0 Å². The minimum atomic E-state index is -0.488. The Labute approximate surface area is 114 Å². The van der Waals surface area contributed by atoms with Gasteiger partial charge in [0, 0.05) is 0 Å². The molecular weight excluding hydrogens is 256 g/mol. The number of carbonyl (C=O) groups is 1. The minimum absolute atomic E-state index is 0.302. The number of nitrogens with zero attached hydrogens (tertiary/aromatic N) is 3. The van der Waals surface area contributed by atoms with Gasteiger partial charge in [-0.05, 0) is 18.2 Å². The number of pyridine rings is 1. The third-order valence-electron chi connectivity index (χ3n) is 2.97. The smallest absolute Gasteiger partial charge is 0.341 e. The number of nitrogens with two attached hydrogens (primary N) is 1. The lowest BCUT2D eigenvalue weighted by atomic mass is 10.2. The predicted molar refractivity (Wildman–Crippen MR) is 74.6 cm³/mol. The fourth-order valence-electron chi connectivity index (χ4n) is 2.05. The molecule has 2 heterocycles. The standard InChI is InChI=1S/C14H12N4O2/c1-20-14(19)10-6-9(15)7-16-13(10)18-8-17-11-4-2-3-5-12(11)18/h2-8H,15H2,1H3. The highest BCUT2D eigenvalue weighted by atomic mass is 16.5. The van der Waals surface area contributed by atoms with Crippen LogP contribution in [0.5, 0.6) is 0 Å². The number of fused-ring (bicyclic) bond motifs is 1. The summed E-state index contributed by atoms with van der Waals surface area (Å²) in [5, 5.41) is 0. The van der Waals surface area contributed by atoms with Crippen LogP contribution in [0.25, 0.3) is 16.9 Å². The zero-order valence-corrected chi connectivity index (χ0v) is 10.8. The Morgan fingerprint density at radius 3 is 2.90 bits per heavy atom. The van der Waals surface area contributed by atoms with Crippen LogP contribution in [-0.2, 0) is 4.74 Å². The molecule has 0 aliphatic heterocycles. The molecule has 6 heteroatoms. The van der Waals surface area contributed by atoms with E-state index in [2.05, 4.69) is 9.97 Å². The molecule has 0 bridgehead atoms. The largest absolute Gasteiger partial charge is 0.465 e. The maximum absolute atomic E-state index is 11.9. The molecule has 2 aromatic heterocycles. The van der Waals surface area contributed by atoms with Crippen molar-refractivity contribution in [3.05, 3.63) is 48.4 Å². The number of anilines is 1. The molecule has 3 rings (SSSR count). The molecule has 0 unspecified atom stereocenters. The second kappa shape index (κ2) is 4.65. The Hall–Kier alpha value is -2.89. The zero-order valence-electron chi connectivity index (χ0n) is 10.8. The first-order chi connectivity index (χ1) is 9.70. The summed E-state index contributed by atoms with van der Waals surface area (Å²) in [5.41, 5.74) is 8.07. The van der Waals surface area contributed by atoms with E-state index in [0.717, 1.165) is 11.0 Å². The number of rotatable bonds is 2. The maximum Gasteiger partial charge on any atom is 0.341 e. The summed E-state index contributed by atoms with van der Waals surface area (Å²) in [6, 6.07) is 9.14. The van der Waals surface area contributed by atoms with Crippen LogP contribution in [0.2, 0.25) is 0 Å². The molecule has 0 saturated heterocycles. The van der Waals surface area contributed by atoms with Gasteiger partial charge in [0.05, 0.1) is 30.0 Å². The van der Waals surface area contributed by atoms with Crippen LogP contribution in [0.15, 0.2) is 42.9 Å². The summed E-state index contributed by atoms with van der Waals surface area (Å²) in [7, 11) is 1.32. The number of methoxy groups -OCH3 is 1. The number of carbonyl (C=O) groups excluding carboxylic acids is 1. The third kappa shape index (κ3) is 1.87. The molecule has 0 atom stereocenters. The van der Waals surface area contributed by atoms with Crippen molar-refractivity contribution in [3.63, 3.8) is 0 Å². The summed E-state index contributed by atoms with van der Waals surface area (Å²) in [4.78, 5) is 20.4. The minimum Gasteiger partial charge on any atom is -0.465 e. The van der Waals surface area contributed by atoms with Gasteiger partial charge in [0.25, 0.3) is 0 Å². The van der Waals surface area contributed by atoms with Crippen molar-refractivity contribution in [2.45, 2.75) is 0 Å². The Morgan fingerprint density at radius 1 is 1.30 bits per heavy atom. The molecule has 0 aliphatic rings. The molecule has 0 amide bonds. The van der Waals surface area contributed by atoms with E-state index in [9.17, 15) is 4.79 Å². The molecular formula is C14H12N4O2. The SMILES string of the molecule is COC(=O)c1cc(N)cnc1-n1cnc2ccccc21. The molecule has 3 aromatic rings. The van der Waals surface area contributed by atoms with Gasteiger partial charge in [-0.3, -0.25) is 4.57 Å². The highest BCUT2D eigenvalue weighted by molar-refractivity contribution is 5.94. The summed E-state index contributed by atoms with van der Waals surface area (Å²) >= 11 is 0. The first kappa shape index (κ1) is 12.2. The van der Waals surface area contributed by atoms with Crippen LogP contribution in [0.3, 0.4) is 0 Å². The maximum atomic E-state index is 11.9. The second-order valence-electron chi connectivity index (χ2n) is 4.23. The molecule has 0 saturated carbocycles. The van der Waals surface area contributed by atoms with E-state index in [4.69, 9.17) is 10.5 Å². The molecule has 6 nitrogen and oxygen atoms in total. The van der Waals surface area contributed by atoms with Crippen molar-refractivity contribution < 1.29 is 9.53 Å². The van der Waals surface area contributed by atoms with Crippen LogP contribution < -0.4 is 5.73 Å². The van der Waals surface area contributed by atoms with Crippen molar-refractivity contribution in [2.75, 3.05) is 12.8 Å². The van der Waals surface area contributed by atoms with E-state index in [1.54, 1.807) is 17.0 Å². The van der Waals surface area contributed by atoms with Gasteiger partial charge in [0.15, 0.2) is 5.82 Å². The summed E-state index contributed by atoms with van der Waals surface area (Å²) < 4.78 is 6.51. The number of aromatic nitrogens is 3. The Kier molecular flexibility index (Phi) is 2.83. The predicted octanol–water partition coefficient (Wildman–Crippen LogP) is 1.79. The lowest BCUT2D eigenvalue weighted by Crippen LogP contribution is -2.10. The van der Waals surface area contributed by atoms with Gasteiger partial charge in [-0.1, -0.05) is 12.1 Å². The highest BCUT2D eigenvalue weighted by Crippen LogP contribution is 2.21.